The van der Waals surface area contributed by atoms with Crippen molar-refractivity contribution in [3.05, 3.63) is 39.9 Å². The zero-order chi connectivity index (χ0) is 12.8. The van der Waals surface area contributed by atoms with Crippen LogP contribution in [0.4, 0.5) is 0 Å². The number of hydrogen-bond acceptors (Lipinski definition) is 2. The molecule has 0 aliphatic rings. The van der Waals surface area contributed by atoms with Crippen molar-refractivity contribution in [1.82, 2.24) is 5.32 Å². The average Bonchev–Trinajstić information content (AvgIpc) is 2.27. The molecule has 0 spiro atoms. The molecule has 0 aliphatic heterocycles. The van der Waals surface area contributed by atoms with Crippen LogP contribution in [0, 0.1) is 0 Å². The lowest BCUT2D eigenvalue weighted by Crippen LogP contribution is -2.33. The zero-order valence-electron chi connectivity index (χ0n) is 9.28. The molecule has 1 aromatic carbocycles. The van der Waals surface area contributed by atoms with Crippen LogP contribution in [0.15, 0.2) is 24.3 Å². The van der Waals surface area contributed by atoms with Crippen molar-refractivity contribution in [3.8, 4) is 0 Å². The third-order valence-corrected chi connectivity index (χ3v) is 2.60. The Kier molecular flexibility index (Phi) is 5.48. The van der Waals surface area contributed by atoms with E-state index in [4.69, 9.17) is 28.3 Å². The SMILES string of the molecule is C[C@@H](CO)NC(=O)C=Cc1ccc(Cl)cc1Cl. The van der Waals surface area contributed by atoms with E-state index < -0.39 is 0 Å². The number of benzene rings is 1. The van der Waals surface area contributed by atoms with Gasteiger partial charge in [0, 0.05) is 22.2 Å². The third-order valence-electron chi connectivity index (χ3n) is 2.04. The van der Waals surface area contributed by atoms with E-state index in [0.29, 0.717) is 15.6 Å². The Labute approximate surface area is 110 Å². The normalized spacial score (nSPS) is 12.7. The highest BCUT2D eigenvalue weighted by atomic mass is 35.5. The van der Waals surface area contributed by atoms with Gasteiger partial charge in [-0.05, 0) is 30.7 Å². The summed E-state index contributed by atoms with van der Waals surface area (Å²) in [6.45, 7) is 1.61. The fraction of sp³-hybridized carbons (Fsp3) is 0.250. The summed E-state index contributed by atoms with van der Waals surface area (Å²) in [5, 5.41) is 12.4. The Hall–Kier alpha value is -1.03. The van der Waals surface area contributed by atoms with Crippen molar-refractivity contribution >= 4 is 35.2 Å². The minimum Gasteiger partial charge on any atom is -0.394 e. The van der Waals surface area contributed by atoms with Gasteiger partial charge in [0.25, 0.3) is 0 Å². The molecule has 1 atom stereocenters. The highest BCUT2D eigenvalue weighted by molar-refractivity contribution is 6.35. The third kappa shape index (κ3) is 4.77. The molecule has 0 radical (unpaired) electrons. The van der Waals surface area contributed by atoms with E-state index in [1.54, 1.807) is 31.2 Å². The molecule has 0 aliphatic carbocycles. The smallest absolute Gasteiger partial charge is 0.244 e. The van der Waals surface area contributed by atoms with E-state index in [0.717, 1.165) is 0 Å². The molecule has 1 rings (SSSR count). The first-order chi connectivity index (χ1) is 8.02. The summed E-state index contributed by atoms with van der Waals surface area (Å²) in [5.41, 5.74) is 0.711. The van der Waals surface area contributed by atoms with Gasteiger partial charge in [0.15, 0.2) is 0 Å². The summed E-state index contributed by atoms with van der Waals surface area (Å²) in [6.07, 6.45) is 2.96. The quantitative estimate of drug-likeness (QED) is 0.829. The van der Waals surface area contributed by atoms with E-state index in [1.807, 2.05) is 0 Å². The Bertz CT molecular complexity index is 433. The molecule has 0 fully saturated rings. The molecule has 0 aromatic heterocycles. The molecule has 0 saturated carbocycles. The monoisotopic (exact) mass is 273 g/mol. The van der Waals surface area contributed by atoms with Gasteiger partial charge in [0.05, 0.1) is 6.61 Å². The molecule has 2 N–H and O–H groups in total. The largest absolute Gasteiger partial charge is 0.394 e. The van der Waals surface area contributed by atoms with Gasteiger partial charge < -0.3 is 10.4 Å². The Morgan fingerprint density at radius 3 is 2.82 bits per heavy atom. The van der Waals surface area contributed by atoms with Crippen LogP contribution in [0.3, 0.4) is 0 Å². The van der Waals surface area contributed by atoms with Crippen LogP contribution in [-0.4, -0.2) is 23.7 Å². The summed E-state index contributed by atoms with van der Waals surface area (Å²) in [5.74, 6) is -0.280. The van der Waals surface area contributed by atoms with Crippen LogP contribution in [-0.2, 0) is 4.79 Å². The van der Waals surface area contributed by atoms with Crippen molar-refractivity contribution in [3.63, 3.8) is 0 Å². The number of halogens is 2. The molecule has 0 unspecified atom stereocenters. The summed E-state index contributed by atoms with van der Waals surface area (Å²) >= 11 is 11.7. The molecule has 5 heteroatoms. The van der Waals surface area contributed by atoms with E-state index in [-0.39, 0.29) is 18.6 Å². The summed E-state index contributed by atoms with van der Waals surface area (Å²) in [7, 11) is 0. The molecular formula is C12H13Cl2NO2. The lowest BCUT2D eigenvalue weighted by molar-refractivity contribution is -0.117. The molecule has 0 heterocycles. The number of hydrogen-bond donors (Lipinski definition) is 2. The maximum absolute atomic E-state index is 11.4. The number of nitrogens with one attached hydrogen (secondary N) is 1. The minimum absolute atomic E-state index is 0.0960. The minimum atomic E-state index is -0.280. The van der Waals surface area contributed by atoms with Crippen molar-refractivity contribution in [2.24, 2.45) is 0 Å². The van der Waals surface area contributed by atoms with Crippen LogP contribution in [0.5, 0.6) is 0 Å². The Balaban J connectivity index is 2.67. The van der Waals surface area contributed by atoms with Crippen molar-refractivity contribution in [1.29, 1.82) is 0 Å². The van der Waals surface area contributed by atoms with Gasteiger partial charge in [0.2, 0.25) is 5.91 Å². The van der Waals surface area contributed by atoms with Gasteiger partial charge in [-0.15, -0.1) is 0 Å². The molecule has 1 aromatic rings. The van der Waals surface area contributed by atoms with Crippen molar-refractivity contribution in [2.45, 2.75) is 13.0 Å². The highest BCUT2D eigenvalue weighted by Crippen LogP contribution is 2.21. The van der Waals surface area contributed by atoms with Crippen LogP contribution in [0.2, 0.25) is 10.0 Å². The number of carbonyl (C=O) groups excluding carboxylic acids is 1. The van der Waals surface area contributed by atoms with Gasteiger partial charge in [0.1, 0.15) is 0 Å². The fourth-order valence-corrected chi connectivity index (χ4v) is 1.61. The standard InChI is InChI=1S/C12H13Cl2NO2/c1-8(7-16)15-12(17)5-3-9-2-4-10(13)6-11(9)14/h2-6,8,16H,7H2,1H3,(H,15,17)/t8-/m0/s1. The van der Waals surface area contributed by atoms with E-state index in [2.05, 4.69) is 5.32 Å². The molecule has 1 amide bonds. The maximum atomic E-state index is 11.4. The second-order valence-electron chi connectivity index (χ2n) is 3.59. The van der Waals surface area contributed by atoms with E-state index in [1.165, 1.54) is 6.08 Å². The Morgan fingerprint density at radius 1 is 1.53 bits per heavy atom. The molecule has 17 heavy (non-hydrogen) atoms. The molecular weight excluding hydrogens is 261 g/mol. The number of amides is 1. The average molecular weight is 274 g/mol. The van der Waals surface area contributed by atoms with Gasteiger partial charge in [-0.2, -0.15) is 0 Å². The van der Waals surface area contributed by atoms with Gasteiger partial charge in [-0.25, -0.2) is 0 Å². The molecule has 92 valence electrons. The topological polar surface area (TPSA) is 49.3 Å². The van der Waals surface area contributed by atoms with Gasteiger partial charge in [-0.1, -0.05) is 29.3 Å². The van der Waals surface area contributed by atoms with Crippen LogP contribution in [0.25, 0.3) is 6.08 Å². The van der Waals surface area contributed by atoms with Gasteiger partial charge in [-0.3, -0.25) is 4.79 Å². The second kappa shape index (κ2) is 6.64. The molecule has 0 bridgehead atoms. The number of carbonyl (C=O) groups is 1. The predicted octanol–water partition coefficient (Wildman–Crippen LogP) is 2.50. The van der Waals surface area contributed by atoms with E-state index >= 15 is 0 Å². The van der Waals surface area contributed by atoms with Crippen LogP contribution in [0.1, 0.15) is 12.5 Å². The number of aliphatic hydroxyl groups is 1. The predicted molar refractivity (Wildman–Crippen MR) is 70.2 cm³/mol. The molecule has 3 nitrogen and oxygen atoms in total. The summed E-state index contributed by atoms with van der Waals surface area (Å²) < 4.78 is 0. The summed E-state index contributed by atoms with van der Waals surface area (Å²) in [4.78, 5) is 11.4. The Morgan fingerprint density at radius 2 is 2.24 bits per heavy atom. The summed E-state index contributed by atoms with van der Waals surface area (Å²) in [6, 6.07) is 4.76. The first kappa shape index (κ1) is 14.0. The lowest BCUT2D eigenvalue weighted by atomic mass is 10.2. The maximum Gasteiger partial charge on any atom is 0.244 e. The van der Waals surface area contributed by atoms with Crippen molar-refractivity contribution in [2.75, 3.05) is 6.61 Å². The number of rotatable bonds is 4. The van der Waals surface area contributed by atoms with Crippen LogP contribution >= 0.6 is 23.2 Å². The van der Waals surface area contributed by atoms with Crippen LogP contribution < -0.4 is 5.32 Å². The van der Waals surface area contributed by atoms with Crippen molar-refractivity contribution < 1.29 is 9.90 Å². The second-order valence-corrected chi connectivity index (χ2v) is 4.44. The van der Waals surface area contributed by atoms with Gasteiger partial charge >= 0.3 is 0 Å². The zero-order valence-corrected chi connectivity index (χ0v) is 10.8. The lowest BCUT2D eigenvalue weighted by Gasteiger charge is -2.07. The first-order valence-corrected chi connectivity index (χ1v) is 5.83. The fourth-order valence-electron chi connectivity index (χ4n) is 1.14. The highest BCUT2D eigenvalue weighted by Gasteiger charge is 2.03. The van der Waals surface area contributed by atoms with E-state index in [9.17, 15) is 4.79 Å². The molecule has 0 saturated heterocycles. The first-order valence-electron chi connectivity index (χ1n) is 5.07. The number of aliphatic hydroxyl groups excluding tert-OH is 1.